The summed E-state index contributed by atoms with van der Waals surface area (Å²) in [5, 5.41) is 20.2. The van der Waals surface area contributed by atoms with Crippen molar-refractivity contribution < 1.29 is 19.6 Å². The number of rotatable bonds is 4. The minimum absolute atomic E-state index is 0.0139. The Morgan fingerprint density at radius 3 is 2.67 bits per heavy atom. The molecule has 0 saturated heterocycles. The highest BCUT2D eigenvalue weighted by molar-refractivity contribution is 9.10. The maximum atomic E-state index is 11.2. The number of benzene rings is 2. The highest BCUT2D eigenvalue weighted by Crippen LogP contribution is 2.36. The van der Waals surface area contributed by atoms with Gasteiger partial charge in [0.2, 0.25) is 5.75 Å². The first kappa shape index (κ1) is 15.0. The van der Waals surface area contributed by atoms with Crippen LogP contribution in [0.2, 0.25) is 0 Å². The topological polar surface area (TPSA) is 89.7 Å². The van der Waals surface area contributed by atoms with Crippen LogP contribution in [0.1, 0.15) is 15.9 Å². The van der Waals surface area contributed by atoms with Gasteiger partial charge in [-0.1, -0.05) is 28.1 Å². The first-order valence-corrected chi connectivity index (χ1v) is 6.64. The first-order valence-electron chi connectivity index (χ1n) is 5.85. The van der Waals surface area contributed by atoms with Crippen LogP contribution in [0, 0.1) is 17.0 Å². The van der Waals surface area contributed by atoms with Crippen molar-refractivity contribution in [1.82, 2.24) is 0 Å². The van der Waals surface area contributed by atoms with Crippen molar-refractivity contribution in [2.45, 2.75) is 6.92 Å². The Morgan fingerprint density at radius 1 is 1.33 bits per heavy atom. The SMILES string of the molecule is Cc1cccc(C(=O)O)c1Oc1ccc(Br)cc1[N+](=O)[O-]. The van der Waals surface area contributed by atoms with Gasteiger partial charge in [-0.3, -0.25) is 10.1 Å². The number of nitro groups is 1. The van der Waals surface area contributed by atoms with Crippen molar-refractivity contribution >= 4 is 27.6 Å². The number of aromatic carboxylic acids is 1. The first-order chi connectivity index (χ1) is 9.90. The molecule has 0 aliphatic carbocycles. The molecule has 2 aromatic carbocycles. The zero-order valence-electron chi connectivity index (χ0n) is 10.9. The molecule has 0 aliphatic heterocycles. The highest BCUT2D eigenvalue weighted by atomic mass is 79.9. The van der Waals surface area contributed by atoms with Gasteiger partial charge in [0.25, 0.3) is 0 Å². The number of carbonyl (C=O) groups is 1. The number of aryl methyl sites for hydroxylation is 1. The van der Waals surface area contributed by atoms with Crippen LogP contribution in [0.25, 0.3) is 0 Å². The van der Waals surface area contributed by atoms with E-state index in [1.807, 2.05) is 0 Å². The molecule has 1 N–H and O–H groups in total. The predicted octanol–water partition coefficient (Wildman–Crippen LogP) is 4.16. The van der Waals surface area contributed by atoms with Crippen LogP contribution in [0.3, 0.4) is 0 Å². The number of ether oxygens (including phenoxy) is 1. The maximum absolute atomic E-state index is 11.2. The van der Waals surface area contributed by atoms with Crippen LogP contribution in [0.5, 0.6) is 11.5 Å². The molecular weight excluding hydrogens is 342 g/mol. The van der Waals surface area contributed by atoms with E-state index in [-0.39, 0.29) is 22.7 Å². The number of carboxylic acids is 1. The number of carboxylic acid groups (broad SMARTS) is 1. The third-order valence-electron chi connectivity index (χ3n) is 2.77. The van der Waals surface area contributed by atoms with Gasteiger partial charge in [0.1, 0.15) is 11.3 Å². The molecular formula is C14H10BrNO5. The van der Waals surface area contributed by atoms with Gasteiger partial charge in [-0.2, -0.15) is 0 Å². The van der Waals surface area contributed by atoms with Crippen molar-refractivity contribution in [2.75, 3.05) is 0 Å². The van der Waals surface area contributed by atoms with Gasteiger partial charge in [0.05, 0.1) is 4.92 Å². The molecule has 0 aromatic heterocycles. The Labute approximate surface area is 128 Å². The molecule has 108 valence electrons. The summed E-state index contributed by atoms with van der Waals surface area (Å²) in [6, 6.07) is 8.94. The van der Waals surface area contributed by atoms with Gasteiger partial charge >= 0.3 is 11.7 Å². The lowest BCUT2D eigenvalue weighted by atomic mass is 10.1. The number of nitrogens with zero attached hydrogens (tertiary/aromatic N) is 1. The highest BCUT2D eigenvalue weighted by Gasteiger charge is 2.20. The van der Waals surface area contributed by atoms with Crippen molar-refractivity contribution in [2.24, 2.45) is 0 Å². The predicted molar refractivity (Wildman–Crippen MR) is 79.0 cm³/mol. The third-order valence-corrected chi connectivity index (χ3v) is 3.27. The van der Waals surface area contributed by atoms with Crippen molar-refractivity contribution in [3.63, 3.8) is 0 Å². The molecule has 0 atom stereocenters. The molecule has 0 heterocycles. The largest absolute Gasteiger partial charge is 0.478 e. The molecule has 0 amide bonds. The minimum Gasteiger partial charge on any atom is -0.478 e. The number of hydrogen-bond donors (Lipinski definition) is 1. The van der Waals surface area contributed by atoms with E-state index in [0.717, 1.165) is 0 Å². The summed E-state index contributed by atoms with van der Waals surface area (Å²) in [6.45, 7) is 1.67. The lowest BCUT2D eigenvalue weighted by Gasteiger charge is -2.11. The van der Waals surface area contributed by atoms with Crippen molar-refractivity contribution in [3.05, 3.63) is 62.1 Å². The van der Waals surface area contributed by atoms with Crippen LogP contribution in [-0.4, -0.2) is 16.0 Å². The average molecular weight is 352 g/mol. The molecule has 0 spiro atoms. The lowest BCUT2D eigenvalue weighted by Crippen LogP contribution is -2.02. The fourth-order valence-corrected chi connectivity index (χ4v) is 2.13. The van der Waals surface area contributed by atoms with Crippen molar-refractivity contribution in [3.8, 4) is 11.5 Å². The Balaban J connectivity index is 2.53. The van der Waals surface area contributed by atoms with Crippen LogP contribution in [0.4, 0.5) is 5.69 Å². The summed E-state index contributed by atoms with van der Waals surface area (Å²) in [4.78, 5) is 21.7. The fourth-order valence-electron chi connectivity index (χ4n) is 1.79. The third kappa shape index (κ3) is 3.19. The minimum atomic E-state index is -1.16. The van der Waals surface area contributed by atoms with Gasteiger partial charge in [-0.25, -0.2) is 4.79 Å². The summed E-state index contributed by atoms with van der Waals surface area (Å²) < 4.78 is 6.04. The van der Waals surface area contributed by atoms with Crippen LogP contribution < -0.4 is 4.74 Å². The van der Waals surface area contributed by atoms with E-state index in [2.05, 4.69) is 15.9 Å². The van der Waals surface area contributed by atoms with Gasteiger partial charge < -0.3 is 9.84 Å². The number of hydrogen-bond acceptors (Lipinski definition) is 4. The number of para-hydroxylation sites is 1. The molecule has 0 bridgehead atoms. The maximum Gasteiger partial charge on any atom is 0.339 e. The molecule has 7 heteroatoms. The summed E-state index contributed by atoms with van der Waals surface area (Å²) in [5.74, 6) is -1.08. The average Bonchev–Trinajstić information content (AvgIpc) is 2.42. The zero-order valence-corrected chi connectivity index (χ0v) is 12.5. The van der Waals surface area contributed by atoms with Crippen LogP contribution in [-0.2, 0) is 0 Å². The van der Waals surface area contributed by atoms with Crippen LogP contribution in [0.15, 0.2) is 40.9 Å². The smallest absolute Gasteiger partial charge is 0.339 e. The molecule has 0 radical (unpaired) electrons. The van der Waals surface area contributed by atoms with E-state index in [0.29, 0.717) is 10.0 Å². The van der Waals surface area contributed by atoms with Gasteiger partial charge in [0, 0.05) is 10.5 Å². The number of halogens is 1. The van der Waals surface area contributed by atoms with Crippen molar-refractivity contribution in [1.29, 1.82) is 0 Å². The van der Waals surface area contributed by atoms with Gasteiger partial charge in [-0.05, 0) is 30.7 Å². The lowest BCUT2D eigenvalue weighted by molar-refractivity contribution is -0.385. The zero-order chi connectivity index (χ0) is 15.6. The second-order valence-electron chi connectivity index (χ2n) is 4.23. The fraction of sp³-hybridized carbons (Fsp3) is 0.0714. The van der Waals surface area contributed by atoms with E-state index < -0.39 is 10.9 Å². The molecule has 21 heavy (non-hydrogen) atoms. The number of nitro benzene ring substituents is 1. The Kier molecular flexibility index (Phi) is 4.23. The summed E-state index contributed by atoms with van der Waals surface area (Å²) in [5.41, 5.74) is 0.281. The standard InChI is InChI=1S/C14H10BrNO5/c1-8-3-2-4-10(14(17)18)13(8)21-12-6-5-9(15)7-11(12)16(19)20/h2-7H,1H3,(H,17,18). The molecule has 0 saturated carbocycles. The normalized spacial score (nSPS) is 10.2. The molecule has 2 aromatic rings. The molecule has 6 nitrogen and oxygen atoms in total. The van der Waals surface area contributed by atoms with Gasteiger partial charge in [-0.15, -0.1) is 0 Å². The Morgan fingerprint density at radius 2 is 2.05 bits per heavy atom. The summed E-state index contributed by atoms with van der Waals surface area (Å²) in [7, 11) is 0. The molecule has 0 unspecified atom stereocenters. The quantitative estimate of drug-likeness (QED) is 0.659. The monoisotopic (exact) mass is 351 g/mol. The second-order valence-corrected chi connectivity index (χ2v) is 5.14. The van der Waals surface area contributed by atoms with Gasteiger partial charge in [0.15, 0.2) is 0 Å². The van der Waals surface area contributed by atoms with E-state index in [1.165, 1.54) is 18.2 Å². The summed E-state index contributed by atoms with van der Waals surface area (Å²) in [6.07, 6.45) is 0. The Hall–Kier alpha value is -2.41. The molecule has 0 aliphatic rings. The Bertz CT molecular complexity index is 729. The van der Waals surface area contributed by atoms with E-state index in [1.54, 1.807) is 25.1 Å². The van der Waals surface area contributed by atoms with E-state index in [9.17, 15) is 14.9 Å². The second kappa shape index (κ2) is 5.92. The molecule has 0 fully saturated rings. The van der Waals surface area contributed by atoms with E-state index >= 15 is 0 Å². The van der Waals surface area contributed by atoms with E-state index in [4.69, 9.17) is 9.84 Å². The molecule has 2 rings (SSSR count). The van der Waals surface area contributed by atoms with Crippen LogP contribution >= 0.6 is 15.9 Å². The summed E-state index contributed by atoms with van der Waals surface area (Å²) >= 11 is 3.15.